The van der Waals surface area contributed by atoms with Crippen LogP contribution in [0.3, 0.4) is 0 Å². The smallest absolute Gasteiger partial charge is 0.283 e. The van der Waals surface area contributed by atoms with Gasteiger partial charge in [0.25, 0.3) is 0 Å². The van der Waals surface area contributed by atoms with E-state index in [0.29, 0.717) is 5.13 Å². The summed E-state index contributed by atoms with van der Waals surface area (Å²) in [6.07, 6.45) is 0. The fourth-order valence-electron chi connectivity index (χ4n) is 1.94. The highest BCUT2D eigenvalue weighted by Gasteiger charge is 2.09. The van der Waals surface area contributed by atoms with Gasteiger partial charge in [0.15, 0.2) is 5.13 Å². The summed E-state index contributed by atoms with van der Waals surface area (Å²) in [5, 5.41) is 5.85. The molecule has 2 aromatic heterocycles. The maximum Gasteiger partial charge on any atom is 0.327 e. The third-order valence-electron chi connectivity index (χ3n) is 2.72. The number of urea groups is 1. The molecule has 21 heavy (non-hydrogen) atoms. The number of amides is 2. The zero-order valence-electron chi connectivity index (χ0n) is 11.5. The number of para-hydroxylation sites is 1. The zero-order valence-corrected chi connectivity index (χ0v) is 12.4. The highest BCUT2D eigenvalue weighted by molar-refractivity contribution is 7.22. The summed E-state index contributed by atoms with van der Waals surface area (Å²) in [5.74, 6) is 0.283. The summed E-state index contributed by atoms with van der Waals surface area (Å²) >= 11 is 1.42. The molecule has 0 spiro atoms. The summed E-state index contributed by atoms with van der Waals surface area (Å²) in [5.41, 5.74) is 2.47. The van der Waals surface area contributed by atoms with Gasteiger partial charge in [-0.05, 0) is 32.0 Å². The van der Waals surface area contributed by atoms with Crippen LogP contribution in [0, 0.1) is 13.8 Å². The van der Waals surface area contributed by atoms with Crippen molar-refractivity contribution in [1.82, 2.24) is 15.0 Å². The maximum atomic E-state index is 11.9. The number of aryl methyl sites for hydroxylation is 2. The van der Waals surface area contributed by atoms with Gasteiger partial charge in [-0.25, -0.2) is 19.7 Å². The summed E-state index contributed by atoms with van der Waals surface area (Å²) in [6.45, 7) is 3.70. The van der Waals surface area contributed by atoms with Crippen LogP contribution in [0.5, 0.6) is 0 Å². The number of fused-ring (bicyclic) bond motifs is 1. The Morgan fingerprint density at radius 2 is 1.76 bits per heavy atom. The zero-order chi connectivity index (χ0) is 14.8. The van der Waals surface area contributed by atoms with E-state index in [9.17, 15) is 4.79 Å². The van der Waals surface area contributed by atoms with E-state index >= 15 is 0 Å². The van der Waals surface area contributed by atoms with Crippen molar-refractivity contribution in [2.75, 3.05) is 10.6 Å². The Kier molecular flexibility index (Phi) is 3.49. The van der Waals surface area contributed by atoms with Gasteiger partial charge in [-0.1, -0.05) is 23.5 Å². The molecule has 3 aromatic rings. The second kappa shape index (κ2) is 5.45. The van der Waals surface area contributed by atoms with Gasteiger partial charge >= 0.3 is 6.03 Å². The number of benzene rings is 1. The van der Waals surface area contributed by atoms with Crippen LogP contribution in [0.1, 0.15) is 11.4 Å². The van der Waals surface area contributed by atoms with E-state index in [2.05, 4.69) is 25.6 Å². The van der Waals surface area contributed by atoms with Crippen LogP contribution in [0.25, 0.3) is 10.2 Å². The number of hydrogen-bond acceptors (Lipinski definition) is 5. The van der Waals surface area contributed by atoms with Crippen molar-refractivity contribution in [2.45, 2.75) is 13.8 Å². The van der Waals surface area contributed by atoms with E-state index in [0.717, 1.165) is 21.6 Å². The van der Waals surface area contributed by atoms with Crippen molar-refractivity contribution in [3.63, 3.8) is 0 Å². The molecule has 2 amide bonds. The minimum atomic E-state index is -0.404. The fourth-order valence-corrected chi connectivity index (χ4v) is 2.80. The molecular weight excluding hydrogens is 286 g/mol. The molecule has 0 fully saturated rings. The van der Waals surface area contributed by atoms with Crippen molar-refractivity contribution in [1.29, 1.82) is 0 Å². The molecule has 1 aromatic carbocycles. The minimum absolute atomic E-state index is 0.283. The summed E-state index contributed by atoms with van der Waals surface area (Å²) in [4.78, 5) is 24.6. The molecule has 0 saturated carbocycles. The van der Waals surface area contributed by atoms with Gasteiger partial charge < -0.3 is 0 Å². The van der Waals surface area contributed by atoms with Gasteiger partial charge in [-0.15, -0.1) is 0 Å². The van der Waals surface area contributed by atoms with Gasteiger partial charge in [-0.2, -0.15) is 0 Å². The number of nitrogens with one attached hydrogen (secondary N) is 2. The van der Waals surface area contributed by atoms with Gasteiger partial charge in [-0.3, -0.25) is 10.6 Å². The van der Waals surface area contributed by atoms with Crippen LogP contribution in [0.2, 0.25) is 0 Å². The highest BCUT2D eigenvalue weighted by atomic mass is 32.1. The van der Waals surface area contributed by atoms with Crippen LogP contribution >= 0.6 is 11.3 Å². The van der Waals surface area contributed by atoms with Crippen molar-refractivity contribution in [3.8, 4) is 0 Å². The molecule has 6 nitrogen and oxygen atoms in total. The van der Waals surface area contributed by atoms with E-state index < -0.39 is 6.03 Å². The van der Waals surface area contributed by atoms with Crippen molar-refractivity contribution in [3.05, 3.63) is 41.7 Å². The van der Waals surface area contributed by atoms with Gasteiger partial charge in [0.05, 0.1) is 10.2 Å². The first-order valence-corrected chi connectivity index (χ1v) is 7.18. The fraction of sp³-hybridized carbons (Fsp3) is 0.143. The van der Waals surface area contributed by atoms with Crippen LogP contribution in [0.4, 0.5) is 15.9 Å². The number of anilines is 2. The lowest BCUT2D eigenvalue weighted by Gasteiger charge is -2.05. The predicted octanol–water partition coefficient (Wildman–Crippen LogP) is 3.35. The van der Waals surface area contributed by atoms with Gasteiger partial charge in [0.1, 0.15) is 0 Å². The Labute approximate surface area is 125 Å². The van der Waals surface area contributed by atoms with Gasteiger partial charge in [0.2, 0.25) is 5.95 Å². The summed E-state index contributed by atoms with van der Waals surface area (Å²) < 4.78 is 1.02. The number of rotatable bonds is 2. The quantitative estimate of drug-likeness (QED) is 0.760. The maximum absolute atomic E-state index is 11.9. The second-order valence-electron chi connectivity index (χ2n) is 4.54. The molecule has 2 N–H and O–H groups in total. The largest absolute Gasteiger partial charge is 0.327 e. The Morgan fingerprint density at radius 1 is 1.05 bits per heavy atom. The molecule has 0 saturated heterocycles. The predicted molar refractivity (Wildman–Crippen MR) is 83.8 cm³/mol. The number of carbonyl (C=O) groups excluding carboxylic acids is 1. The topological polar surface area (TPSA) is 79.8 Å². The molecule has 2 heterocycles. The van der Waals surface area contributed by atoms with Gasteiger partial charge in [0, 0.05) is 11.4 Å². The third-order valence-corrected chi connectivity index (χ3v) is 3.67. The molecule has 3 rings (SSSR count). The standard InChI is InChI=1S/C14H13N5OS/c1-8-7-9(2)16-12(15-8)18-13(20)19-14-17-10-5-3-4-6-11(10)21-14/h3-7H,1-2H3,(H2,15,16,17,18,19,20). The second-order valence-corrected chi connectivity index (χ2v) is 5.57. The number of nitrogens with zero attached hydrogens (tertiary/aromatic N) is 3. The van der Waals surface area contributed by atoms with E-state index in [1.165, 1.54) is 11.3 Å². The lowest BCUT2D eigenvalue weighted by molar-refractivity contribution is 0.262. The van der Waals surface area contributed by atoms with Crippen LogP contribution in [-0.2, 0) is 0 Å². The Balaban J connectivity index is 1.73. The third kappa shape index (κ3) is 3.14. The van der Waals surface area contributed by atoms with Crippen molar-refractivity contribution in [2.24, 2.45) is 0 Å². The molecule has 0 aliphatic rings. The normalized spacial score (nSPS) is 10.6. The average molecular weight is 299 g/mol. The number of thiazole rings is 1. The Morgan fingerprint density at radius 3 is 2.48 bits per heavy atom. The van der Waals surface area contributed by atoms with Crippen molar-refractivity contribution >= 4 is 38.7 Å². The SMILES string of the molecule is Cc1cc(C)nc(NC(=O)Nc2nc3ccccc3s2)n1. The first-order valence-electron chi connectivity index (χ1n) is 6.36. The van der Waals surface area contributed by atoms with E-state index in [4.69, 9.17) is 0 Å². The first-order chi connectivity index (χ1) is 10.1. The summed E-state index contributed by atoms with van der Waals surface area (Å²) in [6, 6.07) is 9.16. The molecular formula is C14H13N5OS. The van der Waals surface area contributed by atoms with Crippen LogP contribution in [-0.4, -0.2) is 21.0 Å². The van der Waals surface area contributed by atoms with E-state index in [1.54, 1.807) is 0 Å². The molecule has 106 valence electrons. The molecule has 0 aliphatic carbocycles. The Bertz CT molecular complexity index is 761. The van der Waals surface area contributed by atoms with E-state index in [1.807, 2.05) is 44.2 Å². The lowest BCUT2D eigenvalue weighted by Crippen LogP contribution is -2.21. The monoisotopic (exact) mass is 299 g/mol. The van der Waals surface area contributed by atoms with Crippen LogP contribution in [0.15, 0.2) is 30.3 Å². The molecule has 0 unspecified atom stereocenters. The minimum Gasteiger partial charge on any atom is -0.283 e. The van der Waals surface area contributed by atoms with Crippen molar-refractivity contribution < 1.29 is 4.79 Å². The molecule has 7 heteroatoms. The molecule has 0 bridgehead atoms. The molecule has 0 atom stereocenters. The van der Waals surface area contributed by atoms with E-state index in [-0.39, 0.29) is 5.95 Å². The Hall–Kier alpha value is -2.54. The number of carbonyl (C=O) groups is 1. The van der Waals surface area contributed by atoms with Crippen LogP contribution < -0.4 is 10.6 Å². The summed E-state index contributed by atoms with van der Waals surface area (Å²) in [7, 11) is 0. The lowest BCUT2D eigenvalue weighted by atomic mass is 10.3. The average Bonchev–Trinajstić information content (AvgIpc) is 2.78. The molecule has 0 aliphatic heterocycles. The number of aromatic nitrogens is 3. The highest BCUT2D eigenvalue weighted by Crippen LogP contribution is 2.25. The first kappa shape index (κ1) is 13.4. The molecule has 0 radical (unpaired) electrons. The number of hydrogen-bond donors (Lipinski definition) is 2.